The van der Waals surface area contributed by atoms with Gasteiger partial charge in [-0.1, -0.05) is 13.8 Å². The zero-order valence-corrected chi connectivity index (χ0v) is 12.7. The van der Waals surface area contributed by atoms with E-state index in [0.29, 0.717) is 10.6 Å². The maximum absolute atomic E-state index is 13.5. The zero-order valence-electron chi connectivity index (χ0n) is 11.9. The van der Waals surface area contributed by atoms with E-state index in [1.807, 2.05) is 20.8 Å². The van der Waals surface area contributed by atoms with Gasteiger partial charge in [0.05, 0.1) is 4.88 Å². The smallest absolute Gasteiger partial charge is 0.147 e. The second-order valence-corrected chi connectivity index (χ2v) is 5.39. The Morgan fingerprint density at radius 2 is 2.05 bits per heavy atom. The molecule has 0 saturated carbocycles. The topological polar surface area (TPSA) is 34.9 Å². The highest BCUT2D eigenvalue weighted by molar-refractivity contribution is 7.13. The number of hydrogen-bond donors (Lipinski definition) is 0. The van der Waals surface area contributed by atoms with Crippen molar-refractivity contribution in [2.24, 2.45) is 0 Å². The molecular formula is C14H19FN2OS. The number of halogens is 1. The van der Waals surface area contributed by atoms with Crippen LogP contribution in [-0.4, -0.2) is 16.1 Å². The fourth-order valence-corrected chi connectivity index (χ4v) is 2.31. The Kier molecular flexibility index (Phi) is 5.00. The first kappa shape index (κ1) is 15.6. The maximum atomic E-state index is 13.5. The summed E-state index contributed by atoms with van der Waals surface area (Å²) >= 11 is 1.31. The molecule has 0 aliphatic heterocycles. The predicted molar refractivity (Wildman–Crippen MR) is 77.0 cm³/mol. The molecule has 2 aromatic rings. The van der Waals surface area contributed by atoms with Crippen molar-refractivity contribution in [1.29, 1.82) is 0 Å². The Bertz CT molecular complexity index is 558. The Hall–Kier alpha value is -1.49. The van der Waals surface area contributed by atoms with Crippen molar-refractivity contribution in [2.75, 3.05) is 0 Å². The first-order valence-corrected chi connectivity index (χ1v) is 7.10. The van der Waals surface area contributed by atoms with Crippen molar-refractivity contribution in [3.8, 4) is 10.6 Å². The van der Waals surface area contributed by atoms with E-state index >= 15 is 0 Å². The summed E-state index contributed by atoms with van der Waals surface area (Å²) in [6, 6.07) is 1.42. The minimum atomic E-state index is -0.712. The molecule has 2 rings (SSSR count). The summed E-state index contributed by atoms with van der Waals surface area (Å²) in [6.07, 6.45) is 2.59. The van der Waals surface area contributed by atoms with Crippen LogP contribution in [0.1, 0.15) is 33.3 Å². The fraction of sp³-hybridized carbons (Fsp3) is 0.429. The molecule has 0 bridgehead atoms. The van der Waals surface area contributed by atoms with E-state index in [4.69, 9.17) is 0 Å². The highest BCUT2D eigenvalue weighted by Gasteiger charge is 2.23. The van der Waals surface area contributed by atoms with Crippen LogP contribution in [0.5, 0.6) is 0 Å². The number of carbonyl (C=O) groups is 1. The lowest BCUT2D eigenvalue weighted by Gasteiger charge is -2.17. The second kappa shape index (κ2) is 6.10. The number of aryl methyl sites for hydroxylation is 1. The highest BCUT2D eigenvalue weighted by atomic mass is 32.1. The van der Waals surface area contributed by atoms with Crippen molar-refractivity contribution < 1.29 is 9.18 Å². The molecule has 0 N–H and O–H groups in total. The van der Waals surface area contributed by atoms with Gasteiger partial charge in [-0.25, -0.2) is 4.39 Å². The third-order valence-corrected chi connectivity index (χ3v) is 3.50. The molecule has 2 aromatic heterocycles. The van der Waals surface area contributed by atoms with Crippen molar-refractivity contribution in [3.63, 3.8) is 0 Å². The summed E-state index contributed by atoms with van der Waals surface area (Å²) in [5.41, 5.74) is 0.755. The van der Waals surface area contributed by atoms with Crippen molar-refractivity contribution in [2.45, 2.75) is 40.2 Å². The maximum Gasteiger partial charge on any atom is 0.147 e. The number of aromatic nitrogens is 2. The van der Waals surface area contributed by atoms with E-state index in [9.17, 15) is 9.18 Å². The van der Waals surface area contributed by atoms with E-state index < -0.39 is 5.54 Å². The summed E-state index contributed by atoms with van der Waals surface area (Å²) in [5.74, 6) is -0.271. The van der Waals surface area contributed by atoms with Crippen LogP contribution < -0.4 is 0 Å². The van der Waals surface area contributed by atoms with Gasteiger partial charge >= 0.3 is 0 Å². The Morgan fingerprint density at radius 1 is 1.42 bits per heavy atom. The molecule has 0 fully saturated rings. The average molecular weight is 282 g/mol. The van der Waals surface area contributed by atoms with Crippen LogP contribution in [0.2, 0.25) is 0 Å². The first-order valence-electron chi connectivity index (χ1n) is 6.22. The second-order valence-electron chi connectivity index (χ2n) is 4.47. The molecule has 0 aliphatic carbocycles. The molecule has 0 spiro atoms. The highest BCUT2D eigenvalue weighted by Crippen LogP contribution is 2.30. The molecular weight excluding hydrogens is 263 g/mol. The van der Waals surface area contributed by atoms with Crippen molar-refractivity contribution in [1.82, 2.24) is 9.78 Å². The molecule has 0 aromatic carbocycles. The Labute approximate surface area is 117 Å². The molecule has 104 valence electrons. The third-order valence-electron chi connectivity index (χ3n) is 2.61. The molecule has 3 nitrogen and oxygen atoms in total. The predicted octanol–water partition coefficient (Wildman–Crippen LogP) is 4.02. The van der Waals surface area contributed by atoms with Crippen LogP contribution in [0.15, 0.2) is 17.6 Å². The minimum absolute atomic E-state index is 0.271. The van der Waals surface area contributed by atoms with Crippen LogP contribution in [0.25, 0.3) is 10.6 Å². The SMILES string of the molecule is CC.Cc1cn(C(C)(C)C=O)nc1-c1sccc1F. The molecule has 0 saturated heterocycles. The van der Waals surface area contributed by atoms with Crippen LogP contribution in [0.3, 0.4) is 0 Å². The monoisotopic (exact) mass is 282 g/mol. The van der Waals surface area contributed by atoms with Gasteiger partial charge in [0.15, 0.2) is 0 Å². The van der Waals surface area contributed by atoms with Gasteiger partial charge in [-0.2, -0.15) is 5.10 Å². The molecule has 19 heavy (non-hydrogen) atoms. The van der Waals surface area contributed by atoms with Gasteiger partial charge in [0.2, 0.25) is 0 Å². The average Bonchev–Trinajstić information content (AvgIpc) is 2.98. The summed E-state index contributed by atoms with van der Waals surface area (Å²) < 4.78 is 15.1. The van der Waals surface area contributed by atoms with Gasteiger partial charge in [-0.15, -0.1) is 11.3 Å². The van der Waals surface area contributed by atoms with Gasteiger partial charge in [0.25, 0.3) is 0 Å². The van der Waals surface area contributed by atoms with Gasteiger partial charge in [0, 0.05) is 6.20 Å². The molecule has 0 amide bonds. The normalized spacial score (nSPS) is 10.8. The molecule has 0 unspecified atom stereocenters. The fourth-order valence-electron chi connectivity index (χ4n) is 1.50. The van der Waals surface area contributed by atoms with E-state index in [2.05, 4.69) is 5.10 Å². The largest absolute Gasteiger partial charge is 0.301 e. The molecule has 2 heterocycles. The summed E-state index contributed by atoms with van der Waals surface area (Å²) in [6.45, 7) is 9.39. The van der Waals surface area contributed by atoms with Crippen molar-refractivity contribution in [3.05, 3.63) is 29.0 Å². The quantitative estimate of drug-likeness (QED) is 0.797. The lowest BCUT2D eigenvalue weighted by molar-refractivity contribution is -0.114. The minimum Gasteiger partial charge on any atom is -0.301 e. The number of thiophene rings is 1. The van der Waals surface area contributed by atoms with E-state index in [1.165, 1.54) is 17.4 Å². The Balaban J connectivity index is 0.000000861. The summed E-state index contributed by atoms with van der Waals surface area (Å²) in [7, 11) is 0. The number of nitrogens with zero attached hydrogens (tertiary/aromatic N) is 2. The van der Waals surface area contributed by atoms with E-state index in [-0.39, 0.29) is 5.82 Å². The van der Waals surface area contributed by atoms with Crippen LogP contribution in [0.4, 0.5) is 4.39 Å². The molecule has 5 heteroatoms. The lowest BCUT2D eigenvalue weighted by Crippen LogP contribution is -2.28. The van der Waals surface area contributed by atoms with Gasteiger partial charge < -0.3 is 4.79 Å². The zero-order chi connectivity index (χ0) is 14.6. The standard InChI is InChI=1S/C12H13FN2OS.C2H6/c1-8-6-15(12(2,3)7-16)14-10(8)11-9(13)4-5-17-11;1-2/h4-7H,1-3H3;1-2H3. The van der Waals surface area contributed by atoms with Gasteiger partial charge in [0.1, 0.15) is 23.3 Å². The van der Waals surface area contributed by atoms with E-state index in [1.54, 1.807) is 30.1 Å². The van der Waals surface area contributed by atoms with E-state index in [0.717, 1.165) is 11.8 Å². The van der Waals surface area contributed by atoms with Gasteiger partial charge in [-0.05, 0) is 37.8 Å². The number of aldehydes is 1. The molecule has 0 aliphatic rings. The molecule has 0 atom stereocenters. The number of rotatable bonds is 3. The third kappa shape index (κ3) is 3.10. The molecule has 0 radical (unpaired) electrons. The first-order chi connectivity index (χ1) is 8.95. The summed E-state index contributed by atoms with van der Waals surface area (Å²) in [5, 5.41) is 6.00. The van der Waals surface area contributed by atoms with Crippen molar-refractivity contribution >= 4 is 17.6 Å². The summed E-state index contributed by atoms with van der Waals surface area (Å²) in [4.78, 5) is 11.5. The van der Waals surface area contributed by atoms with Crippen LogP contribution >= 0.6 is 11.3 Å². The van der Waals surface area contributed by atoms with Crippen LogP contribution in [0, 0.1) is 12.7 Å². The lowest BCUT2D eigenvalue weighted by atomic mass is 10.1. The number of carbonyl (C=O) groups excluding carboxylic acids is 1. The Morgan fingerprint density at radius 3 is 2.53 bits per heavy atom. The number of hydrogen-bond acceptors (Lipinski definition) is 3. The van der Waals surface area contributed by atoms with Gasteiger partial charge in [-0.3, -0.25) is 4.68 Å². The van der Waals surface area contributed by atoms with Crippen LogP contribution in [-0.2, 0) is 10.3 Å².